The first-order valence-electron chi connectivity index (χ1n) is 23.0. The molecule has 0 spiro atoms. The molecule has 0 saturated carbocycles. The summed E-state index contributed by atoms with van der Waals surface area (Å²) < 4.78 is 27.2. The Balaban J connectivity index is 1.03. The number of benzene rings is 8. The van der Waals surface area contributed by atoms with Gasteiger partial charge in [-0.1, -0.05) is 119 Å². The van der Waals surface area contributed by atoms with Gasteiger partial charge in [0.1, 0.15) is 29.8 Å². The van der Waals surface area contributed by atoms with Crippen LogP contribution in [0.15, 0.2) is 188 Å². The number of anilines is 4. The van der Waals surface area contributed by atoms with Crippen LogP contribution in [0.3, 0.4) is 0 Å². The predicted molar refractivity (Wildman–Crippen MR) is 279 cm³/mol. The summed E-state index contributed by atoms with van der Waals surface area (Å²) in [6, 6.07) is 63.1. The summed E-state index contributed by atoms with van der Waals surface area (Å²) in [4.78, 5) is 9.66. The third kappa shape index (κ3) is 6.92. The lowest BCUT2D eigenvalue weighted by Crippen LogP contribution is -2.26. The third-order valence-electron chi connectivity index (χ3n) is 13.3. The monoisotopic (exact) mass is 890 g/mol. The fraction of sp³-hybridized carbons (Fsp3) is 0.117. The van der Waals surface area contributed by atoms with E-state index in [1.165, 1.54) is 37.0 Å². The molecule has 0 aliphatic carbocycles. The highest BCUT2D eigenvalue weighted by molar-refractivity contribution is 7.26. The van der Waals surface area contributed by atoms with E-state index in [4.69, 9.17) is 9.72 Å². The number of hydrogen-bond acceptors (Lipinski definition) is 5. The van der Waals surface area contributed by atoms with Gasteiger partial charge in [0.15, 0.2) is 0 Å². The number of fused-ring (bicyclic) bond motifs is 7. The summed E-state index contributed by atoms with van der Waals surface area (Å²) in [5.74, 6) is 2.47. The number of thiophene rings is 1. The lowest BCUT2D eigenvalue weighted by Gasteiger charge is -2.30. The topological polar surface area (TPSA) is 33.5 Å². The Hall–Kier alpha value is -7.74. The van der Waals surface area contributed by atoms with Crippen LogP contribution in [-0.4, -0.2) is 16.2 Å². The van der Waals surface area contributed by atoms with Gasteiger partial charge in [-0.05, 0) is 119 Å². The van der Waals surface area contributed by atoms with Crippen molar-refractivity contribution in [3.8, 4) is 39.6 Å². The van der Waals surface area contributed by atoms with Crippen LogP contribution >= 0.6 is 11.3 Å². The highest BCUT2D eigenvalue weighted by Gasteiger charge is 2.33. The number of ether oxygens (including phenoxy) is 1. The highest BCUT2D eigenvalue weighted by Crippen LogP contribution is 2.51. The van der Waals surface area contributed by atoms with Gasteiger partial charge < -0.3 is 14.5 Å². The standard InChI is InChI=1S/C60H47FN4OS/c1-37(2)50-32-40(44-16-5-8-21-52(44)61)33-51(38(3)4)59(50)64-36-63(54-23-10-11-24-55(54)64)41-30-39(45-19-15-20-49-48-18-7-12-25-57(48)67-60(45)49)31-43(34-41)66-42-27-28-47-46-17-6-9-22-53(46)65(56(47)35-42)58-26-13-14-29-62-58/h5-35,37-38H,36H2,1-4H3. The van der Waals surface area contributed by atoms with E-state index in [1.54, 1.807) is 12.1 Å². The smallest absolute Gasteiger partial charge is 0.137 e. The number of nitrogens with zero attached hydrogens (tertiary/aromatic N) is 4. The van der Waals surface area contributed by atoms with Gasteiger partial charge in [-0.3, -0.25) is 4.57 Å². The van der Waals surface area contributed by atoms with Gasteiger partial charge in [0, 0.05) is 66.2 Å². The SMILES string of the molecule is CC(C)c1cc(-c2ccccc2F)cc(C(C)C)c1N1CN(c2cc(Oc3ccc4c5ccccc5n(-c5ccccn5)c4c3)cc(-c3cccc4c3sc3ccccc34)c2)c2ccccc21. The fourth-order valence-corrected chi connectivity index (χ4v) is 11.4. The molecule has 0 atom stereocenters. The number of rotatable bonds is 9. The Morgan fingerprint density at radius 3 is 1.97 bits per heavy atom. The van der Waals surface area contributed by atoms with Crippen molar-refractivity contribution in [1.82, 2.24) is 9.55 Å². The molecule has 11 aromatic rings. The molecular formula is C60H47FN4OS. The van der Waals surface area contributed by atoms with Gasteiger partial charge in [-0.15, -0.1) is 11.3 Å². The van der Waals surface area contributed by atoms with Gasteiger partial charge in [0.25, 0.3) is 0 Å². The van der Waals surface area contributed by atoms with Crippen molar-refractivity contribution in [3.05, 3.63) is 205 Å². The van der Waals surface area contributed by atoms with Crippen molar-refractivity contribution < 1.29 is 9.13 Å². The Kier molecular flexibility index (Phi) is 9.91. The largest absolute Gasteiger partial charge is 0.457 e. The van der Waals surface area contributed by atoms with E-state index in [1.807, 2.05) is 47.9 Å². The first kappa shape index (κ1) is 40.7. The van der Waals surface area contributed by atoms with Crippen molar-refractivity contribution in [1.29, 1.82) is 0 Å². The maximum absolute atomic E-state index is 15.4. The zero-order valence-corrected chi connectivity index (χ0v) is 38.6. The molecular weight excluding hydrogens is 844 g/mol. The van der Waals surface area contributed by atoms with Crippen LogP contribution in [-0.2, 0) is 0 Å². The molecule has 0 amide bonds. The molecule has 4 heterocycles. The van der Waals surface area contributed by atoms with Gasteiger partial charge >= 0.3 is 0 Å². The van der Waals surface area contributed by atoms with Crippen LogP contribution in [0.5, 0.6) is 11.5 Å². The number of pyridine rings is 1. The summed E-state index contributed by atoms with van der Waals surface area (Å²) in [5, 5.41) is 4.81. The maximum Gasteiger partial charge on any atom is 0.137 e. The molecule has 5 nitrogen and oxygen atoms in total. The van der Waals surface area contributed by atoms with Gasteiger partial charge in [0.05, 0.1) is 22.4 Å². The van der Waals surface area contributed by atoms with Crippen molar-refractivity contribution in [2.24, 2.45) is 0 Å². The van der Waals surface area contributed by atoms with Crippen LogP contribution < -0.4 is 14.5 Å². The molecule has 0 fully saturated rings. The number of hydrogen-bond donors (Lipinski definition) is 0. The second-order valence-electron chi connectivity index (χ2n) is 18.1. The van der Waals surface area contributed by atoms with E-state index in [0.29, 0.717) is 12.2 Å². The minimum Gasteiger partial charge on any atom is -0.457 e. The first-order chi connectivity index (χ1) is 32.8. The van der Waals surface area contributed by atoms with Crippen molar-refractivity contribution in [2.45, 2.75) is 39.5 Å². The molecule has 1 aliphatic heterocycles. The third-order valence-corrected chi connectivity index (χ3v) is 14.5. The summed E-state index contributed by atoms with van der Waals surface area (Å²) in [6.45, 7) is 9.53. The summed E-state index contributed by atoms with van der Waals surface area (Å²) in [6.07, 6.45) is 1.84. The van der Waals surface area contributed by atoms with Crippen LogP contribution in [0.2, 0.25) is 0 Å². The Bertz CT molecular complexity index is 3670. The summed E-state index contributed by atoms with van der Waals surface area (Å²) in [5.41, 5.74) is 12.7. The molecule has 326 valence electrons. The predicted octanol–water partition coefficient (Wildman–Crippen LogP) is 17.3. The number of aromatic nitrogens is 2. The zero-order chi connectivity index (χ0) is 45.3. The minimum atomic E-state index is -0.211. The molecule has 3 aromatic heterocycles. The van der Waals surface area contributed by atoms with E-state index < -0.39 is 0 Å². The van der Waals surface area contributed by atoms with Crippen LogP contribution in [0.1, 0.15) is 50.7 Å². The average Bonchev–Trinajstić information content (AvgIpc) is 4.04. The molecule has 0 N–H and O–H groups in total. The molecule has 0 saturated heterocycles. The summed E-state index contributed by atoms with van der Waals surface area (Å²) in [7, 11) is 0. The van der Waals surface area contributed by atoms with Crippen molar-refractivity contribution in [3.63, 3.8) is 0 Å². The van der Waals surface area contributed by atoms with E-state index in [2.05, 4.69) is 182 Å². The molecule has 1 aliphatic rings. The first-order valence-corrected chi connectivity index (χ1v) is 23.9. The fourth-order valence-electron chi connectivity index (χ4n) is 10.2. The van der Waals surface area contributed by atoms with Crippen molar-refractivity contribution >= 4 is 76.1 Å². The Morgan fingerprint density at radius 2 is 1.19 bits per heavy atom. The normalized spacial score (nSPS) is 12.7. The van der Waals surface area contributed by atoms with E-state index in [-0.39, 0.29) is 17.7 Å². The molecule has 7 heteroatoms. The average molecular weight is 891 g/mol. The Morgan fingerprint density at radius 1 is 0.537 bits per heavy atom. The van der Waals surface area contributed by atoms with Crippen LogP contribution in [0.4, 0.5) is 27.1 Å². The lowest BCUT2D eigenvalue weighted by molar-refractivity contribution is 0.483. The quantitative estimate of drug-likeness (QED) is 0.145. The molecule has 67 heavy (non-hydrogen) atoms. The minimum absolute atomic E-state index is 0.180. The van der Waals surface area contributed by atoms with Gasteiger partial charge in [0.2, 0.25) is 0 Å². The Labute approximate surface area is 393 Å². The second-order valence-corrected chi connectivity index (χ2v) is 19.1. The van der Waals surface area contributed by atoms with Crippen molar-refractivity contribution in [2.75, 3.05) is 16.5 Å². The molecule has 12 rings (SSSR count). The van der Waals surface area contributed by atoms with Gasteiger partial charge in [-0.2, -0.15) is 0 Å². The zero-order valence-electron chi connectivity index (χ0n) is 37.7. The number of halogens is 1. The molecule has 8 aromatic carbocycles. The van der Waals surface area contributed by atoms with E-state index >= 15 is 4.39 Å². The summed E-state index contributed by atoms with van der Waals surface area (Å²) >= 11 is 1.83. The van der Waals surface area contributed by atoms with E-state index in [9.17, 15) is 0 Å². The number of para-hydroxylation sites is 3. The van der Waals surface area contributed by atoms with Gasteiger partial charge in [-0.25, -0.2) is 9.37 Å². The van der Waals surface area contributed by atoms with E-state index in [0.717, 1.165) is 72.9 Å². The lowest BCUT2D eigenvalue weighted by atomic mass is 9.87. The highest BCUT2D eigenvalue weighted by atomic mass is 32.1. The van der Waals surface area contributed by atoms with Crippen LogP contribution in [0, 0.1) is 5.82 Å². The molecule has 0 radical (unpaired) electrons. The molecule has 0 bridgehead atoms. The molecule has 0 unspecified atom stereocenters. The maximum atomic E-state index is 15.4. The van der Waals surface area contributed by atoms with Crippen LogP contribution in [0.25, 0.3) is 70.0 Å². The second kappa shape index (κ2) is 16.3.